The van der Waals surface area contributed by atoms with Crippen LogP contribution in [0.25, 0.3) is 5.69 Å². The van der Waals surface area contributed by atoms with Crippen molar-refractivity contribution < 1.29 is 13.2 Å². The summed E-state index contributed by atoms with van der Waals surface area (Å²) in [5, 5.41) is 6.69. The van der Waals surface area contributed by atoms with Gasteiger partial charge in [-0.2, -0.15) is 13.2 Å². The summed E-state index contributed by atoms with van der Waals surface area (Å²) in [6.07, 6.45) is -1.33. The maximum Gasteiger partial charge on any atom is 0.452 e. The van der Waals surface area contributed by atoms with Crippen LogP contribution < -0.4 is 0 Å². The molecule has 1 aromatic carbocycles. The first-order valence-electron chi connectivity index (χ1n) is 5.74. The monoisotopic (exact) mass is 287 g/mol. The molecule has 100 valence electrons. The zero-order valence-electron chi connectivity index (χ0n) is 9.65. The molecule has 0 atom stereocenters. The van der Waals surface area contributed by atoms with Crippen LogP contribution in [0.3, 0.4) is 0 Å². The highest BCUT2D eigenvalue weighted by Gasteiger charge is 2.37. The van der Waals surface area contributed by atoms with Gasteiger partial charge in [-0.1, -0.05) is 17.7 Å². The van der Waals surface area contributed by atoms with Gasteiger partial charge in [-0.3, -0.25) is 4.57 Å². The van der Waals surface area contributed by atoms with Crippen LogP contribution in [0.4, 0.5) is 13.2 Å². The highest BCUT2D eigenvalue weighted by Crippen LogP contribution is 2.42. The normalized spacial score (nSPS) is 15.8. The number of alkyl halides is 3. The molecule has 1 heterocycles. The molecule has 1 aliphatic rings. The number of halogens is 4. The van der Waals surface area contributed by atoms with Gasteiger partial charge < -0.3 is 0 Å². The van der Waals surface area contributed by atoms with Crippen molar-refractivity contribution in [3.63, 3.8) is 0 Å². The van der Waals surface area contributed by atoms with E-state index in [-0.39, 0.29) is 10.7 Å². The van der Waals surface area contributed by atoms with Crippen molar-refractivity contribution in [2.24, 2.45) is 0 Å². The van der Waals surface area contributed by atoms with E-state index in [1.165, 1.54) is 0 Å². The van der Waals surface area contributed by atoms with E-state index in [9.17, 15) is 13.2 Å². The van der Waals surface area contributed by atoms with E-state index >= 15 is 0 Å². The summed E-state index contributed by atoms with van der Waals surface area (Å²) < 4.78 is 39.1. The molecule has 0 unspecified atom stereocenters. The Bertz CT molecular complexity index is 617. The number of hydrogen-bond donors (Lipinski definition) is 0. The van der Waals surface area contributed by atoms with Crippen LogP contribution in [-0.2, 0) is 6.18 Å². The number of nitrogens with zero attached hydrogens (tertiary/aromatic N) is 3. The van der Waals surface area contributed by atoms with E-state index in [0.717, 1.165) is 29.3 Å². The van der Waals surface area contributed by atoms with Crippen LogP contribution in [0.15, 0.2) is 24.5 Å². The molecule has 0 saturated heterocycles. The van der Waals surface area contributed by atoms with E-state index in [0.29, 0.717) is 5.92 Å². The Morgan fingerprint density at radius 2 is 2.00 bits per heavy atom. The second kappa shape index (κ2) is 4.23. The summed E-state index contributed by atoms with van der Waals surface area (Å²) >= 11 is 6.07. The van der Waals surface area contributed by atoms with Gasteiger partial charge in [0, 0.05) is 0 Å². The topological polar surface area (TPSA) is 30.7 Å². The fourth-order valence-corrected chi connectivity index (χ4v) is 2.27. The van der Waals surface area contributed by atoms with Crippen molar-refractivity contribution >= 4 is 11.6 Å². The Morgan fingerprint density at radius 1 is 1.26 bits per heavy atom. The molecule has 0 bridgehead atoms. The van der Waals surface area contributed by atoms with E-state index in [2.05, 4.69) is 10.2 Å². The smallest absolute Gasteiger partial charge is 0.276 e. The summed E-state index contributed by atoms with van der Waals surface area (Å²) in [7, 11) is 0. The second-order valence-corrected chi connectivity index (χ2v) is 4.91. The lowest BCUT2D eigenvalue weighted by Gasteiger charge is -2.11. The molecule has 1 aromatic heterocycles. The average molecular weight is 288 g/mol. The molecule has 1 fully saturated rings. The Morgan fingerprint density at radius 3 is 2.58 bits per heavy atom. The molecule has 3 rings (SSSR count). The standard InChI is InChI=1S/C12H9ClF3N3/c13-9-5-8(7-1-2-7)3-4-10(9)19-6-17-18-11(19)12(14,15)16/h3-7H,1-2H2. The summed E-state index contributed by atoms with van der Waals surface area (Å²) in [5.74, 6) is -0.580. The molecule has 1 saturated carbocycles. The van der Waals surface area contributed by atoms with Crippen molar-refractivity contribution in [3.8, 4) is 5.69 Å². The highest BCUT2D eigenvalue weighted by molar-refractivity contribution is 6.32. The van der Waals surface area contributed by atoms with Gasteiger partial charge in [0.05, 0.1) is 10.7 Å². The fourth-order valence-electron chi connectivity index (χ4n) is 1.99. The molecule has 3 nitrogen and oxygen atoms in total. The molecule has 2 aromatic rings. The summed E-state index contributed by atoms with van der Waals surface area (Å²) in [5.41, 5.74) is 1.30. The van der Waals surface area contributed by atoms with E-state index in [4.69, 9.17) is 11.6 Å². The molecular formula is C12H9ClF3N3. The van der Waals surface area contributed by atoms with Crippen molar-refractivity contribution in [2.75, 3.05) is 0 Å². The molecule has 0 radical (unpaired) electrons. The zero-order valence-corrected chi connectivity index (χ0v) is 10.4. The van der Waals surface area contributed by atoms with Crippen molar-refractivity contribution in [2.45, 2.75) is 24.9 Å². The Hall–Kier alpha value is -1.56. The third kappa shape index (κ3) is 2.32. The van der Waals surface area contributed by atoms with Crippen LogP contribution in [0, 0.1) is 0 Å². The van der Waals surface area contributed by atoms with Crippen LogP contribution in [-0.4, -0.2) is 14.8 Å². The molecule has 7 heteroatoms. The maximum atomic E-state index is 12.8. The molecule has 0 N–H and O–H groups in total. The number of hydrogen-bond acceptors (Lipinski definition) is 2. The minimum absolute atomic E-state index is 0.239. The predicted molar refractivity (Wildman–Crippen MR) is 63.3 cm³/mol. The highest BCUT2D eigenvalue weighted by atomic mass is 35.5. The first-order valence-corrected chi connectivity index (χ1v) is 6.11. The number of rotatable bonds is 2. The van der Waals surface area contributed by atoms with Gasteiger partial charge in [-0.25, -0.2) is 0 Å². The quantitative estimate of drug-likeness (QED) is 0.841. The summed E-state index contributed by atoms with van der Waals surface area (Å²) in [6.45, 7) is 0. The molecule has 0 spiro atoms. The van der Waals surface area contributed by atoms with Crippen molar-refractivity contribution in [3.05, 3.63) is 40.9 Å². The van der Waals surface area contributed by atoms with Gasteiger partial charge in [0.25, 0.3) is 0 Å². The molecule has 0 amide bonds. The lowest BCUT2D eigenvalue weighted by atomic mass is 10.1. The first-order chi connectivity index (χ1) is 8.97. The number of aromatic nitrogens is 3. The zero-order chi connectivity index (χ0) is 13.6. The minimum Gasteiger partial charge on any atom is -0.276 e. The van der Waals surface area contributed by atoms with Gasteiger partial charge in [0.2, 0.25) is 5.82 Å². The second-order valence-electron chi connectivity index (χ2n) is 4.51. The minimum atomic E-state index is -4.56. The van der Waals surface area contributed by atoms with Crippen LogP contribution >= 0.6 is 11.6 Å². The van der Waals surface area contributed by atoms with Crippen LogP contribution in [0.2, 0.25) is 5.02 Å². The average Bonchev–Trinajstić information content (AvgIpc) is 3.05. The van der Waals surface area contributed by atoms with E-state index < -0.39 is 12.0 Å². The molecule has 0 aliphatic heterocycles. The lowest BCUT2D eigenvalue weighted by Crippen LogP contribution is -2.13. The Labute approximate surface area is 112 Å². The van der Waals surface area contributed by atoms with Crippen molar-refractivity contribution in [1.29, 1.82) is 0 Å². The van der Waals surface area contributed by atoms with E-state index in [1.54, 1.807) is 18.2 Å². The summed E-state index contributed by atoms with van der Waals surface area (Å²) in [4.78, 5) is 0. The summed E-state index contributed by atoms with van der Waals surface area (Å²) in [6, 6.07) is 5.10. The Kier molecular flexibility index (Phi) is 2.78. The third-order valence-corrected chi connectivity index (χ3v) is 3.38. The fraction of sp³-hybridized carbons (Fsp3) is 0.333. The van der Waals surface area contributed by atoms with Gasteiger partial charge in [0.1, 0.15) is 6.33 Å². The van der Waals surface area contributed by atoms with Crippen LogP contribution in [0.1, 0.15) is 30.1 Å². The van der Waals surface area contributed by atoms with Crippen molar-refractivity contribution in [1.82, 2.24) is 14.8 Å². The third-order valence-electron chi connectivity index (χ3n) is 3.08. The Balaban J connectivity index is 2.05. The van der Waals surface area contributed by atoms with E-state index in [1.807, 2.05) is 0 Å². The first kappa shape index (κ1) is 12.5. The maximum absolute atomic E-state index is 12.8. The number of benzene rings is 1. The van der Waals surface area contributed by atoms with Gasteiger partial charge in [-0.05, 0) is 36.5 Å². The van der Waals surface area contributed by atoms with Crippen LogP contribution in [0.5, 0.6) is 0 Å². The van der Waals surface area contributed by atoms with Gasteiger partial charge in [0.15, 0.2) is 0 Å². The predicted octanol–water partition coefficient (Wildman–Crippen LogP) is 3.82. The molecule has 1 aliphatic carbocycles. The largest absolute Gasteiger partial charge is 0.452 e. The molecular weight excluding hydrogens is 279 g/mol. The SMILES string of the molecule is FC(F)(F)c1nncn1-c1ccc(C2CC2)cc1Cl. The van der Waals surface area contributed by atoms with Gasteiger partial charge in [-0.15, -0.1) is 10.2 Å². The van der Waals surface area contributed by atoms with Gasteiger partial charge >= 0.3 is 6.18 Å². The molecule has 19 heavy (non-hydrogen) atoms. The lowest BCUT2D eigenvalue weighted by molar-refractivity contribution is -0.146.